The second-order valence-corrected chi connectivity index (χ2v) is 6.59. The van der Waals surface area contributed by atoms with Crippen molar-refractivity contribution < 1.29 is 40.7 Å². The largest absolute Gasteiger partial charge is 0.452 e. The number of esters is 1. The molecule has 13 heteroatoms. The van der Waals surface area contributed by atoms with Crippen molar-refractivity contribution in [3.05, 3.63) is 29.8 Å². The second-order valence-electron chi connectivity index (χ2n) is 4.84. The van der Waals surface area contributed by atoms with Gasteiger partial charge in [-0.05, 0) is 12.1 Å². The second kappa shape index (κ2) is 8.51. The quantitative estimate of drug-likeness (QED) is 0.603. The first-order valence-corrected chi connectivity index (χ1v) is 8.65. The topological polar surface area (TPSA) is 131 Å². The average molecular weight is 397 g/mol. The summed E-state index contributed by atoms with van der Waals surface area (Å²) in [4.78, 5) is 34.4. The summed E-state index contributed by atoms with van der Waals surface area (Å²) in [7, 11) is -3.68. The fourth-order valence-corrected chi connectivity index (χ4v) is 2.12. The van der Waals surface area contributed by atoms with Crippen LogP contribution in [-0.2, 0) is 19.6 Å². The molecule has 3 amide bonds. The van der Waals surface area contributed by atoms with E-state index in [4.69, 9.17) is 0 Å². The van der Waals surface area contributed by atoms with Gasteiger partial charge in [0, 0.05) is 0 Å². The van der Waals surface area contributed by atoms with Crippen LogP contribution in [0.15, 0.2) is 24.3 Å². The molecule has 0 radical (unpaired) electrons. The zero-order valence-corrected chi connectivity index (χ0v) is 14.0. The van der Waals surface area contributed by atoms with E-state index < -0.39 is 47.3 Å². The van der Waals surface area contributed by atoms with Gasteiger partial charge in [-0.15, -0.1) is 0 Å². The minimum absolute atomic E-state index is 0.0941. The molecule has 1 aromatic rings. The number of halogens is 3. The van der Waals surface area contributed by atoms with Gasteiger partial charge in [0.15, 0.2) is 6.61 Å². The van der Waals surface area contributed by atoms with E-state index in [9.17, 15) is 36.0 Å². The van der Waals surface area contributed by atoms with Crippen LogP contribution in [0.2, 0.25) is 0 Å². The van der Waals surface area contributed by atoms with E-state index in [1.165, 1.54) is 34.9 Å². The van der Waals surface area contributed by atoms with Gasteiger partial charge in [0.1, 0.15) is 6.54 Å². The lowest BCUT2D eigenvalue weighted by molar-refractivity contribution is -0.125. The summed E-state index contributed by atoms with van der Waals surface area (Å²) in [6, 6.07) is 3.95. The number of rotatable bonds is 6. The lowest BCUT2D eigenvalue weighted by Gasteiger charge is -2.11. The van der Waals surface area contributed by atoms with E-state index in [2.05, 4.69) is 9.46 Å². The van der Waals surface area contributed by atoms with Crippen LogP contribution >= 0.6 is 0 Å². The van der Waals surface area contributed by atoms with E-state index in [0.717, 1.165) is 6.26 Å². The summed E-state index contributed by atoms with van der Waals surface area (Å²) in [5.74, 6) is -2.26. The molecule has 9 nitrogen and oxygen atoms in total. The number of alkyl halides is 3. The van der Waals surface area contributed by atoms with Gasteiger partial charge >= 0.3 is 18.2 Å². The number of carbonyl (C=O) groups excluding carboxylic acids is 3. The van der Waals surface area contributed by atoms with Crippen LogP contribution in [0.5, 0.6) is 0 Å². The Labute approximate surface area is 145 Å². The summed E-state index contributed by atoms with van der Waals surface area (Å²) in [6.45, 7) is -2.61. The van der Waals surface area contributed by atoms with Gasteiger partial charge in [0.2, 0.25) is 10.0 Å². The Morgan fingerprint density at radius 2 is 1.77 bits per heavy atom. The number of amides is 3. The minimum atomic E-state index is -4.65. The van der Waals surface area contributed by atoms with Gasteiger partial charge in [0.25, 0.3) is 5.91 Å². The number of carbonyl (C=O) groups is 3. The summed E-state index contributed by atoms with van der Waals surface area (Å²) in [6.07, 6.45) is -3.79. The number of para-hydroxylation sites is 1. The van der Waals surface area contributed by atoms with Crippen molar-refractivity contribution in [3.63, 3.8) is 0 Å². The fourth-order valence-electron chi connectivity index (χ4n) is 1.55. The highest BCUT2D eigenvalue weighted by Crippen LogP contribution is 2.17. The molecule has 26 heavy (non-hydrogen) atoms. The van der Waals surface area contributed by atoms with Crippen LogP contribution in [0.25, 0.3) is 0 Å². The molecule has 0 unspecified atom stereocenters. The minimum Gasteiger partial charge on any atom is -0.452 e. The molecular formula is C13H14F3N3O6S. The molecule has 0 atom stereocenters. The molecule has 3 N–H and O–H groups in total. The summed E-state index contributed by atoms with van der Waals surface area (Å²) >= 11 is 0. The van der Waals surface area contributed by atoms with Gasteiger partial charge in [-0.2, -0.15) is 13.2 Å². The molecule has 1 rings (SSSR count). The average Bonchev–Trinajstić information content (AvgIpc) is 2.49. The zero-order valence-electron chi connectivity index (χ0n) is 13.2. The van der Waals surface area contributed by atoms with E-state index in [1.807, 2.05) is 0 Å². The lowest BCUT2D eigenvalue weighted by atomic mass is 10.2. The summed E-state index contributed by atoms with van der Waals surface area (Å²) < 4.78 is 64.9. The molecule has 0 fully saturated rings. The molecule has 0 bridgehead atoms. The maximum Gasteiger partial charge on any atom is 0.405 e. The number of anilines is 1. The van der Waals surface area contributed by atoms with Crippen molar-refractivity contribution in [2.75, 3.05) is 24.1 Å². The Hall–Kier alpha value is -2.83. The third kappa shape index (κ3) is 8.32. The van der Waals surface area contributed by atoms with Crippen LogP contribution in [0.3, 0.4) is 0 Å². The third-order valence-electron chi connectivity index (χ3n) is 2.48. The number of imide groups is 1. The number of hydrogen-bond acceptors (Lipinski definition) is 6. The van der Waals surface area contributed by atoms with Crippen LogP contribution in [-0.4, -0.2) is 51.9 Å². The number of benzene rings is 1. The molecule has 0 aliphatic carbocycles. The van der Waals surface area contributed by atoms with Gasteiger partial charge in [-0.25, -0.2) is 18.0 Å². The third-order valence-corrected chi connectivity index (χ3v) is 3.07. The van der Waals surface area contributed by atoms with Crippen LogP contribution in [0.4, 0.5) is 23.7 Å². The first-order chi connectivity index (χ1) is 11.9. The first-order valence-electron chi connectivity index (χ1n) is 6.76. The van der Waals surface area contributed by atoms with Gasteiger partial charge in [-0.3, -0.25) is 14.8 Å². The van der Waals surface area contributed by atoms with Gasteiger partial charge in [-0.1, -0.05) is 12.1 Å². The lowest BCUT2D eigenvalue weighted by Crippen LogP contribution is -2.44. The Kier molecular flexibility index (Phi) is 6.94. The molecule has 0 aliphatic rings. The summed E-state index contributed by atoms with van der Waals surface area (Å²) in [5, 5.41) is 2.93. The van der Waals surface area contributed by atoms with Crippen molar-refractivity contribution in [2.24, 2.45) is 0 Å². The molecule has 1 aromatic carbocycles. The zero-order chi connectivity index (χ0) is 20.0. The van der Waals surface area contributed by atoms with Crippen molar-refractivity contribution in [3.8, 4) is 0 Å². The van der Waals surface area contributed by atoms with Crippen LogP contribution < -0.4 is 15.4 Å². The van der Waals surface area contributed by atoms with Gasteiger partial charge in [0.05, 0.1) is 17.5 Å². The Morgan fingerprint density at radius 1 is 1.15 bits per heavy atom. The van der Waals surface area contributed by atoms with Crippen molar-refractivity contribution >= 4 is 33.6 Å². The fraction of sp³-hybridized carbons (Fsp3) is 0.308. The molecule has 0 heterocycles. The monoisotopic (exact) mass is 397 g/mol. The Morgan fingerprint density at radius 3 is 2.35 bits per heavy atom. The van der Waals surface area contributed by atoms with E-state index in [-0.39, 0.29) is 11.3 Å². The SMILES string of the molecule is CS(=O)(=O)Nc1ccccc1C(=O)OCC(=O)NC(=O)NCC(F)(F)F. The van der Waals surface area contributed by atoms with E-state index >= 15 is 0 Å². The Bertz CT molecular complexity index is 795. The number of hydrogen-bond donors (Lipinski definition) is 3. The highest BCUT2D eigenvalue weighted by Gasteiger charge is 2.28. The van der Waals surface area contributed by atoms with Crippen molar-refractivity contribution in [1.82, 2.24) is 10.6 Å². The first kappa shape index (κ1) is 21.2. The molecule has 0 saturated heterocycles. The number of sulfonamides is 1. The smallest absolute Gasteiger partial charge is 0.405 e. The molecule has 0 aliphatic heterocycles. The molecule has 0 aromatic heterocycles. The molecular weight excluding hydrogens is 383 g/mol. The highest BCUT2D eigenvalue weighted by molar-refractivity contribution is 7.92. The number of urea groups is 1. The van der Waals surface area contributed by atoms with Crippen molar-refractivity contribution in [2.45, 2.75) is 6.18 Å². The van der Waals surface area contributed by atoms with Gasteiger partial charge < -0.3 is 10.1 Å². The van der Waals surface area contributed by atoms with E-state index in [0.29, 0.717) is 0 Å². The molecule has 0 spiro atoms. The maximum absolute atomic E-state index is 11.9. The normalized spacial score (nSPS) is 11.4. The van der Waals surface area contributed by atoms with Crippen LogP contribution in [0.1, 0.15) is 10.4 Å². The maximum atomic E-state index is 11.9. The predicted octanol–water partition coefficient (Wildman–Crippen LogP) is 0.603. The molecule has 144 valence electrons. The standard InChI is InChI=1S/C13H14F3N3O6S/c1-26(23,24)19-9-5-3-2-4-8(9)11(21)25-6-10(20)18-12(22)17-7-13(14,15)16/h2-5,19H,6-7H2,1H3,(H2,17,18,20,22). The number of ether oxygens (including phenoxy) is 1. The highest BCUT2D eigenvalue weighted by atomic mass is 32.2. The van der Waals surface area contributed by atoms with Crippen LogP contribution in [0, 0.1) is 0 Å². The summed E-state index contributed by atoms with van der Waals surface area (Å²) in [5.41, 5.74) is -0.296. The molecule has 0 saturated carbocycles. The van der Waals surface area contributed by atoms with Crippen molar-refractivity contribution in [1.29, 1.82) is 0 Å². The number of nitrogens with one attached hydrogen (secondary N) is 3. The Balaban J connectivity index is 2.59. The predicted molar refractivity (Wildman–Crippen MR) is 82.8 cm³/mol. The van der Waals surface area contributed by atoms with E-state index in [1.54, 1.807) is 0 Å².